The van der Waals surface area contributed by atoms with E-state index in [1.54, 1.807) is 24.3 Å². The third-order valence-electron chi connectivity index (χ3n) is 4.43. The van der Waals surface area contributed by atoms with Crippen molar-refractivity contribution in [2.45, 2.75) is 6.04 Å². The molecule has 2 aromatic rings. The predicted octanol–water partition coefficient (Wildman–Crippen LogP) is 2.40. The Morgan fingerprint density at radius 1 is 1.15 bits per heavy atom. The van der Waals surface area contributed by atoms with Crippen LogP contribution in [-0.2, 0) is 0 Å². The highest BCUT2D eigenvalue weighted by atomic mass is 19.2. The number of nitrogens with zero attached hydrogens (tertiary/aromatic N) is 1. The SMILES string of the molecule is CN1CCNC(CNC(=O)c2ccc(-c3cc(F)c(F)c(F)c3)cc2)C1. The molecule has 7 heteroatoms. The first-order valence-electron chi connectivity index (χ1n) is 8.39. The van der Waals surface area contributed by atoms with Gasteiger partial charge < -0.3 is 15.5 Å². The molecule has 0 radical (unpaired) electrons. The summed E-state index contributed by atoms with van der Waals surface area (Å²) in [6, 6.07) is 8.36. The van der Waals surface area contributed by atoms with Gasteiger partial charge in [0.05, 0.1) is 0 Å². The number of piperazine rings is 1. The number of hydrogen-bond acceptors (Lipinski definition) is 3. The number of hydrogen-bond donors (Lipinski definition) is 2. The lowest BCUT2D eigenvalue weighted by molar-refractivity contribution is 0.0944. The van der Waals surface area contributed by atoms with Crippen LogP contribution in [0.3, 0.4) is 0 Å². The Balaban J connectivity index is 1.64. The molecule has 1 saturated heterocycles. The minimum Gasteiger partial charge on any atom is -0.350 e. The van der Waals surface area contributed by atoms with E-state index in [1.807, 2.05) is 7.05 Å². The van der Waals surface area contributed by atoms with Gasteiger partial charge in [0.25, 0.3) is 5.91 Å². The van der Waals surface area contributed by atoms with Gasteiger partial charge in [-0.15, -0.1) is 0 Å². The Hall–Kier alpha value is -2.38. The molecule has 0 saturated carbocycles. The topological polar surface area (TPSA) is 44.4 Å². The van der Waals surface area contributed by atoms with Gasteiger partial charge in [0.2, 0.25) is 0 Å². The molecule has 26 heavy (non-hydrogen) atoms. The molecule has 1 amide bonds. The molecule has 1 aliphatic heterocycles. The monoisotopic (exact) mass is 363 g/mol. The highest BCUT2D eigenvalue weighted by Crippen LogP contribution is 2.24. The van der Waals surface area contributed by atoms with Crippen LogP contribution in [0.2, 0.25) is 0 Å². The Morgan fingerprint density at radius 2 is 1.81 bits per heavy atom. The van der Waals surface area contributed by atoms with Crippen LogP contribution in [0, 0.1) is 17.5 Å². The number of halogens is 3. The fraction of sp³-hybridized carbons (Fsp3) is 0.316. The second-order valence-electron chi connectivity index (χ2n) is 6.45. The van der Waals surface area contributed by atoms with Crippen molar-refractivity contribution in [1.29, 1.82) is 0 Å². The first-order valence-corrected chi connectivity index (χ1v) is 8.39. The van der Waals surface area contributed by atoms with Gasteiger partial charge in [-0.3, -0.25) is 4.79 Å². The first-order chi connectivity index (χ1) is 12.4. The zero-order valence-electron chi connectivity index (χ0n) is 14.4. The molecule has 2 N–H and O–H groups in total. The molecular formula is C19H20F3N3O. The van der Waals surface area contributed by atoms with Crippen LogP contribution in [0.5, 0.6) is 0 Å². The smallest absolute Gasteiger partial charge is 0.251 e. The third kappa shape index (κ3) is 4.23. The summed E-state index contributed by atoms with van der Waals surface area (Å²) >= 11 is 0. The number of carbonyl (C=O) groups is 1. The summed E-state index contributed by atoms with van der Waals surface area (Å²) in [6.45, 7) is 3.24. The van der Waals surface area contributed by atoms with Crippen LogP contribution in [0.1, 0.15) is 10.4 Å². The van der Waals surface area contributed by atoms with Gasteiger partial charge >= 0.3 is 0 Å². The highest BCUT2D eigenvalue weighted by Gasteiger charge is 2.17. The van der Waals surface area contributed by atoms with Gasteiger partial charge in [0.15, 0.2) is 17.5 Å². The van der Waals surface area contributed by atoms with Gasteiger partial charge in [0.1, 0.15) is 0 Å². The number of carbonyl (C=O) groups excluding carboxylic acids is 1. The van der Waals surface area contributed by atoms with Gasteiger partial charge in [-0.1, -0.05) is 12.1 Å². The van der Waals surface area contributed by atoms with E-state index >= 15 is 0 Å². The Morgan fingerprint density at radius 3 is 2.42 bits per heavy atom. The molecular weight excluding hydrogens is 343 g/mol. The van der Waals surface area contributed by atoms with E-state index in [4.69, 9.17) is 0 Å². The van der Waals surface area contributed by atoms with Crippen molar-refractivity contribution in [3.05, 3.63) is 59.4 Å². The van der Waals surface area contributed by atoms with Crippen LogP contribution in [0.15, 0.2) is 36.4 Å². The van der Waals surface area contributed by atoms with E-state index in [-0.39, 0.29) is 17.5 Å². The summed E-state index contributed by atoms with van der Waals surface area (Å²) in [6.07, 6.45) is 0. The van der Waals surface area contributed by atoms with E-state index < -0.39 is 17.5 Å². The molecule has 4 nitrogen and oxygen atoms in total. The minimum atomic E-state index is -1.49. The standard InChI is InChI=1S/C19H20F3N3O/c1-25-7-6-23-15(11-25)10-24-19(26)13-4-2-12(3-5-13)14-8-16(20)18(22)17(21)9-14/h2-5,8-9,15,23H,6-7,10-11H2,1H3,(H,24,26). The Kier molecular flexibility index (Phi) is 5.58. The lowest BCUT2D eigenvalue weighted by atomic mass is 10.0. The molecule has 1 atom stereocenters. The predicted molar refractivity (Wildman–Crippen MR) is 93.4 cm³/mol. The number of benzene rings is 2. The summed E-state index contributed by atoms with van der Waals surface area (Å²) in [5, 5.41) is 6.22. The first kappa shape index (κ1) is 18.4. The van der Waals surface area contributed by atoms with Crippen LogP contribution in [-0.4, -0.2) is 50.1 Å². The number of amides is 1. The quantitative estimate of drug-likeness (QED) is 0.820. The van der Waals surface area contributed by atoms with Gasteiger partial charge in [-0.25, -0.2) is 13.2 Å². The zero-order chi connectivity index (χ0) is 18.7. The van der Waals surface area contributed by atoms with Crippen LogP contribution < -0.4 is 10.6 Å². The van der Waals surface area contributed by atoms with E-state index in [1.165, 1.54) is 0 Å². The molecule has 1 aliphatic rings. The van der Waals surface area contributed by atoms with E-state index in [0.717, 1.165) is 31.8 Å². The van der Waals surface area contributed by atoms with Crippen LogP contribution >= 0.6 is 0 Å². The van der Waals surface area contributed by atoms with Gasteiger partial charge in [0, 0.05) is 37.8 Å². The summed E-state index contributed by atoms with van der Waals surface area (Å²) in [4.78, 5) is 14.4. The lowest BCUT2D eigenvalue weighted by Gasteiger charge is -2.30. The molecule has 0 spiro atoms. The third-order valence-corrected chi connectivity index (χ3v) is 4.43. The van der Waals surface area contributed by atoms with Crippen molar-refractivity contribution in [3.8, 4) is 11.1 Å². The molecule has 3 rings (SSSR count). The normalized spacial score (nSPS) is 17.9. The maximum Gasteiger partial charge on any atom is 0.251 e. The second-order valence-corrected chi connectivity index (χ2v) is 6.45. The van der Waals surface area contributed by atoms with Crippen molar-refractivity contribution in [2.24, 2.45) is 0 Å². The average Bonchev–Trinajstić information content (AvgIpc) is 2.64. The zero-order valence-corrected chi connectivity index (χ0v) is 14.4. The fourth-order valence-corrected chi connectivity index (χ4v) is 2.98. The van der Waals surface area contributed by atoms with Crippen LogP contribution in [0.4, 0.5) is 13.2 Å². The van der Waals surface area contributed by atoms with Gasteiger partial charge in [-0.2, -0.15) is 0 Å². The lowest BCUT2D eigenvalue weighted by Crippen LogP contribution is -2.53. The number of likely N-dealkylation sites (N-methyl/N-ethyl adjacent to an activating group) is 1. The Labute approximate surface area is 150 Å². The summed E-state index contributed by atoms with van der Waals surface area (Å²) in [5.41, 5.74) is 1.15. The van der Waals surface area contributed by atoms with Crippen molar-refractivity contribution < 1.29 is 18.0 Å². The molecule has 1 heterocycles. The molecule has 1 fully saturated rings. The van der Waals surface area contributed by atoms with E-state index in [0.29, 0.717) is 17.7 Å². The van der Waals surface area contributed by atoms with E-state index in [2.05, 4.69) is 15.5 Å². The van der Waals surface area contributed by atoms with E-state index in [9.17, 15) is 18.0 Å². The largest absolute Gasteiger partial charge is 0.350 e. The highest BCUT2D eigenvalue weighted by molar-refractivity contribution is 5.94. The molecule has 0 bridgehead atoms. The molecule has 2 aromatic carbocycles. The maximum atomic E-state index is 13.3. The maximum absolute atomic E-state index is 13.3. The number of nitrogens with one attached hydrogen (secondary N) is 2. The van der Waals surface area contributed by atoms with Crippen molar-refractivity contribution in [2.75, 3.05) is 33.2 Å². The summed E-state index contributed by atoms with van der Waals surface area (Å²) < 4.78 is 39.7. The van der Waals surface area contributed by atoms with Crippen molar-refractivity contribution >= 4 is 5.91 Å². The average molecular weight is 363 g/mol. The minimum absolute atomic E-state index is 0.196. The molecule has 0 aliphatic carbocycles. The summed E-state index contributed by atoms with van der Waals surface area (Å²) in [7, 11) is 2.04. The molecule has 138 valence electrons. The summed E-state index contributed by atoms with van der Waals surface area (Å²) in [5.74, 6) is -4.20. The second kappa shape index (κ2) is 7.88. The van der Waals surface area contributed by atoms with Gasteiger partial charge in [-0.05, 0) is 42.4 Å². The fourth-order valence-electron chi connectivity index (χ4n) is 2.98. The van der Waals surface area contributed by atoms with Crippen molar-refractivity contribution in [3.63, 3.8) is 0 Å². The number of rotatable bonds is 4. The van der Waals surface area contributed by atoms with Crippen molar-refractivity contribution in [1.82, 2.24) is 15.5 Å². The Bertz CT molecular complexity index is 772. The molecule has 0 aromatic heterocycles. The van der Waals surface area contributed by atoms with Crippen LogP contribution in [0.25, 0.3) is 11.1 Å². The molecule has 1 unspecified atom stereocenters.